The molecule has 1 N–H and O–H groups in total. The average molecular weight is 306 g/mol. The van der Waals surface area contributed by atoms with Crippen molar-refractivity contribution in [2.75, 3.05) is 18.8 Å². The monoisotopic (exact) mass is 306 g/mol. The summed E-state index contributed by atoms with van der Waals surface area (Å²) in [6.07, 6.45) is 6.55. The van der Waals surface area contributed by atoms with Gasteiger partial charge in [-0.15, -0.1) is 0 Å². The molecule has 0 bridgehead atoms. The second kappa shape index (κ2) is 7.26. The Kier molecular flexibility index (Phi) is 5.38. The lowest BCUT2D eigenvalue weighted by molar-refractivity contribution is -0.131. The van der Waals surface area contributed by atoms with Crippen LogP contribution in [0.3, 0.4) is 0 Å². The minimum absolute atomic E-state index is 0.0545. The van der Waals surface area contributed by atoms with Crippen molar-refractivity contribution in [2.45, 2.75) is 18.6 Å². The van der Waals surface area contributed by atoms with Crippen molar-refractivity contribution in [1.29, 1.82) is 0 Å². The number of carboxylic acids is 1. The van der Waals surface area contributed by atoms with Crippen LogP contribution in [-0.4, -0.2) is 51.0 Å². The van der Waals surface area contributed by atoms with Gasteiger partial charge in [-0.2, -0.15) is 11.8 Å². The number of pyridine rings is 1. The van der Waals surface area contributed by atoms with Gasteiger partial charge in [0, 0.05) is 53.7 Å². The fourth-order valence-corrected chi connectivity index (χ4v) is 3.40. The average Bonchev–Trinajstić information content (AvgIpc) is 2.52. The molecule has 1 aliphatic rings. The van der Waals surface area contributed by atoms with E-state index in [0.717, 1.165) is 31.3 Å². The van der Waals surface area contributed by atoms with E-state index in [2.05, 4.69) is 11.9 Å². The van der Waals surface area contributed by atoms with Gasteiger partial charge in [0.05, 0.1) is 0 Å². The van der Waals surface area contributed by atoms with Crippen LogP contribution in [0.1, 0.15) is 29.3 Å². The molecule has 1 aliphatic heterocycles. The molecule has 2 heterocycles. The van der Waals surface area contributed by atoms with E-state index < -0.39 is 5.97 Å². The van der Waals surface area contributed by atoms with Crippen LogP contribution in [0.2, 0.25) is 0 Å². The van der Waals surface area contributed by atoms with Crippen LogP contribution < -0.4 is 0 Å². The number of aliphatic carboxylic acids is 1. The zero-order valence-corrected chi connectivity index (χ0v) is 12.7. The minimum atomic E-state index is -1.04. The van der Waals surface area contributed by atoms with E-state index >= 15 is 0 Å². The molecule has 1 atom stereocenters. The van der Waals surface area contributed by atoms with Crippen LogP contribution >= 0.6 is 11.8 Å². The quantitative estimate of drug-likeness (QED) is 0.863. The molecule has 1 fully saturated rings. The second-order valence-corrected chi connectivity index (χ2v) is 6.19. The Morgan fingerprint density at radius 3 is 3.10 bits per heavy atom. The zero-order valence-electron chi connectivity index (χ0n) is 11.9. The Hall–Kier alpha value is -1.82. The normalized spacial score (nSPS) is 18.9. The molecule has 0 aliphatic carbocycles. The van der Waals surface area contributed by atoms with Crippen LogP contribution in [0, 0.1) is 0 Å². The lowest BCUT2D eigenvalue weighted by Gasteiger charge is -2.32. The van der Waals surface area contributed by atoms with Crippen LogP contribution in [0.4, 0.5) is 0 Å². The predicted octanol–water partition coefficient (Wildman–Crippen LogP) is 2.15. The van der Waals surface area contributed by atoms with Crippen LogP contribution in [0.25, 0.3) is 6.08 Å². The van der Waals surface area contributed by atoms with E-state index in [1.54, 1.807) is 12.3 Å². The van der Waals surface area contributed by atoms with E-state index in [1.807, 2.05) is 16.7 Å². The summed E-state index contributed by atoms with van der Waals surface area (Å²) in [5.41, 5.74) is 1.04. The summed E-state index contributed by atoms with van der Waals surface area (Å²) >= 11 is 1.90. The molecule has 1 unspecified atom stereocenters. The molecule has 0 saturated carbocycles. The van der Waals surface area contributed by atoms with E-state index in [1.165, 1.54) is 12.3 Å². The number of thioether (sulfide) groups is 1. The lowest BCUT2D eigenvalue weighted by atomic mass is 10.1. The first kappa shape index (κ1) is 15.6. The number of hydrogen-bond acceptors (Lipinski definition) is 4. The number of nitrogens with zero attached hydrogens (tertiary/aromatic N) is 2. The molecule has 21 heavy (non-hydrogen) atoms. The van der Waals surface area contributed by atoms with E-state index in [4.69, 9.17) is 5.11 Å². The third-order valence-electron chi connectivity index (χ3n) is 3.37. The Bertz CT molecular complexity index is 560. The van der Waals surface area contributed by atoms with Crippen molar-refractivity contribution >= 4 is 29.7 Å². The molecule has 0 radical (unpaired) electrons. The van der Waals surface area contributed by atoms with E-state index in [-0.39, 0.29) is 5.91 Å². The van der Waals surface area contributed by atoms with E-state index in [9.17, 15) is 9.59 Å². The molecule has 2 rings (SSSR count). The summed E-state index contributed by atoms with van der Waals surface area (Å²) in [6, 6.07) is 1.65. The van der Waals surface area contributed by atoms with Gasteiger partial charge in [-0.25, -0.2) is 4.79 Å². The van der Waals surface area contributed by atoms with Crippen molar-refractivity contribution in [3.05, 3.63) is 35.7 Å². The van der Waals surface area contributed by atoms with Gasteiger partial charge in [0.1, 0.15) is 0 Å². The van der Waals surface area contributed by atoms with Gasteiger partial charge in [0.15, 0.2) is 0 Å². The van der Waals surface area contributed by atoms with E-state index in [0.29, 0.717) is 16.4 Å². The highest BCUT2D eigenvalue weighted by Gasteiger charge is 2.24. The van der Waals surface area contributed by atoms with Gasteiger partial charge in [0.2, 0.25) is 0 Å². The molecule has 0 aromatic carbocycles. The third kappa shape index (κ3) is 4.07. The summed E-state index contributed by atoms with van der Waals surface area (Å²) in [6.45, 7) is 3.59. The van der Waals surface area contributed by atoms with Crippen molar-refractivity contribution in [2.24, 2.45) is 0 Å². The highest BCUT2D eigenvalue weighted by Crippen LogP contribution is 2.23. The smallest absolute Gasteiger partial charge is 0.328 e. The fraction of sp³-hybridized carbons (Fsp3) is 0.400. The number of hydrogen-bond donors (Lipinski definition) is 1. The maximum Gasteiger partial charge on any atom is 0.328 e. The molecular formula is C15H18N2O3S. The summed E-state index contributed by atoms with van der Waals surface area (Å²) in [5.74, 6) is -0.158. The molecule has 1 aromatic rings. The van der Waals surface area contributed by atoms with Gasteiger partial charge >= 0.3 is 5.97 Å². The standard InChI is InChI=1S/C15H18N2O3S/c1-2-12-10-17(7-8-21-12)15(20)13-5-6-16-9-11(13)3-4-14(18)19/h3-6,9,12H,2,7-8,10H2,1H3,(H,18,19)/b4-3+. The largest absolute Gasteiger partial charge is 0.478 e. The van der Waals surface area contributed by atoms with Gasteiger partial charge in [-0.05, 0) is 18.6 Å². The maximum atomic E-state index is 12.6. The van der Waals surface area contributed by atoms with Crippen LogP contribution in [0.5, 0.6) is 0 Å². The van der Waals surface area contributed by atoms with Gasteiger partial charge < -0.3 is 10.0 Å². The number of carboxylic acid groups (broad SMARTS) is 1. The Morgan fingerprint density at radius 2 is 2.38 bits per heavy atom. The number of carbonyl (C=O) groups is 2. The van der Waals surface area contributed by atoms with Crippen molar-refractivity contribution in [3.63, 3.8) is 0 Å². The van der Waals surface area contributed by atoms with Gasteiger partial charge in [0.25, 0.3) is 5.91 Å². The van der Waals surface area contributed by atoms with Crippen LogP contribution in [-0.2, 0) is 4.79 Å². The molecule has 1 aromatic heterocycles. The second-order valence-electron chi connectivity index (χ2n) is 4.79. The topological polar surface area (TPSA) is 70.5 Å². The molecule has 5 nitrogen and oxygen atoms in total. The Balaban J connectivity index is 2.20. The molecule has 1 amide bonds. The molecule has 1 saturated heterocycles. The number of carbonyl (C=O) groups excluding carboxylic acids is 1. The lowest BCUT2D eigenvalue weighted by Crippen LogP contribution is -2.42. The highest BCUT2D eigenvalue weighted by atomic mass is 32.2. The molecule has 0 spiro atoms. The summed E-state index contributed by atoms with van der Waals surface area (Å²) in [5, 5.41) is 9.19. The number of aromatic nitrogens is 1. The molecule has 112 valence electrons. The van der Waals surface area contributed by atoms with Crippen molar-refractivity contribution in [3.8, 4) is 0 Å². The number of amides is 1. The third-order valence-corrected chi connectivity index (χ3v) is 4.74. The maximum absolute atomic E-state index is 12.6. The van der Waals surface area contributed by atoms with Crippen molar-refractivity contribution < 1.29 is 14.7 Å². The first-order valence-electron chi connectivity index (χ1n) is 6.87. The minimum Gasteiger partial charge on any atom is -0.478 e. The van der Waals surface area contributed by atoms with Gasteiger partial charge in [-0.3, -0.25) is 9.78 Å². The zero-order chi connectivity index (χ0) is 15.2. The Morgan fingerprint density at radius 1 is 1.57 bits per heavy atom. The summed E-state index contributed by atoms with van der Waals surface area (Å²) in [4.78, 5) is 29.1. The molecule has 6 heteroatoms. The van der Waals surface area contributed by atoms with Crippen molar-refractivity contribution in [1.82, 2.24) is 9.88 Å². The molecular weight excluding hydrogens is 288 g/mol. The summed E-state index contributed by atoms with van der Waals surface area (Å²) in [7, 11) is 0. The Labute approximate surface area is 128 Å². The summed E-state index contributed by atoms with van der Waals surface area (Å²) < 4.78 is 0. The fourth-order valence-electron chi connectivity index (χ4n) is 2.22. The first-order chi connectivity index (χ1) is 10.1. The highest BCUT2D eigenvalue weighted by molar-refractivity contribution is 8.00. The van der Waals surface area contributed by atoms with Gasteiger partial charge in [-0.1, -0.05) is 6.92 Å². The first-order valence-corrected chi connectivity index (χ1v) is 7.92. The van der Waals surface area contributed by atoms with Crippen LogP contribution in [0.15, 0.2) is 24.5 Å². The predicted molar refractivity (Wildman–Crippen MR) is 83.3 cm³/mol. The number of rotatable bonds is 4. The SMILES string of the molecule is CCC1CN(C(=O)c2ccncc2/C=C/C(=O)O)CCS1.